The standard InChI is InChI=1S/C12H15BrF3N/c1-9(2)17(8-12(14,15)16)7-10-4-3-5-11(13)6-10/h3-6,9H,7-8H2,1-2H3. The van der Waals surface area contributed by atoms with Crippen molar-refractivity contribution in [1.82, 2.24) is 4.90 Å². The first kappa shape index (κ1) is 14.5. The van der Waals surface area contributed by atoms with E-state index >= 15 is 0 Å². The van der Waals surface area contributed by atoms with Gasteiger partial charge in [0.1, 0.15) is 0 Å². The van der Waals surface area contributed by atoms with Gasteiger partial charge in [0, 0.05) is 17.1 Å². The van der Waals surface area contributed by atoms with Gasteiger partial charge in [0.15, 0.2) is 0 Å². The number of hydrogen-bond acceptors (Lipinski definition) is 1. The molecule has 1 nitrogen and oxygen atoms in total. The van der Waals surface area contributed by atoms with Crippen LogP contribution in [0.25, 0.3) is 0 Å². The SMILES string of the molecule is CC(C)N(Cc1cccc(Br)c1)CC(F)(F)F. The maximum Gasteiger partial charge on any atom is 0.401 e. The molecule has 0 bridgehead atoms. The van der Waals surface area contributed by atoms with E-state index in [2.05, 4.69) is 15.9 Å². The van der Waals surface area contributed by atoms with E-state index in [-0.39, 0.29) is 6.04 Å². The Balaban J connectivity index is 2.74. The van der Waals surface area contributed by atoms with Crippen LogP contribution >= 0.6 is 15.9 Å². The third kappa shape index (κ3) is 5.55. The first-order valence-electron chi connectivity index (χ1n) is 5.33. The van der Waals surface area contributed by atoms with E-state index in [9.17, 15) is 13.2 Å². The van der Waals surface area contributed by atoms with E-state index in [4.69, 9.17) is 0 Å². The van der Waals surface area contributed by atoms with Crippen LogP contribution in [0.5, 0.6) is 0 Å². The highest BCUT2D eigenvalue weighted by Crippen LogP contribution is 2.21. The summed E-state index contributed by atoms with van der Waals surface area (Å²) in [5.74, 6) is 0. The Morgan fingerprint density at radius 1 is 1.29 bits per heavy atom. The molecule has 0 amide bonds. The fourth-order valence-corrected chi connectivity index (χ4v) is 1.97. The van der Waals surface area contributed by atoms with Gasteiger partial charge in [-0.05, 0) is 31.5 Å². The van der Waals surface area contributed by atoms with Crippen LogP contribution < -0.4 is 0 Å². The van der Waals surface area contributed by atoms with Crippen molar-refractivity contribution in [2.45, 2.75) is 32.6 Å². The molecule has 0 aromatic heterocycles. The number of halogens is 4. The van der Waals surface area contributed by atoms with Crippen molar-refractivity contribution in [2.24, 2.45) is 0 Å². The second-order valence-corrected chi connectivity index (χ2v) is 5.16. The van der Waals surface area contributed by atoms with Crippen molar-refractivity contribution in [3.05, 3.63) is 34.3 Å². The summed E-state index contributed by atoms with van der Waals surface area (Å²) in [6, 6.07) is 7.21. The molecule has 0 fully saturated rings. The predicted molar refractivity (Wildman–Crippen MR) is 65.7 cm³/mol. The molecule has 1 aromatic carbocycles. The molecule has 0 spiro atoms. The van der Waals surface area contributed by atoms with Crippen LogP contribution in [-0.4, -0.2) is 23.7 Å². The van der Waals surface area contributed by atoms with Gasteiger partial charge in [-0.15, -0.1) is 0 Å². The average Bonchev–Trinajstić information content (AvgIpc) is 2.14. The molecule has 1 aromatic rings. The van der Waals surface area contributed by atoms with Crippen LogP contribution in [0.2, 0.25) is 0 Å². The van der Waals surface area contributed by atoms with E-state index in [0.717, 1.165) is 10.0 Å². The Kier molecular flexibility index (Phi) is 5.01. The maximum atomic E-state index is 12.4. The molecule has 1 rings (SSSR count). The van der Waals surface area contributed by atoms with Gasteiger partial charge >= 0.3 is 6.18 Å². The molecule has 5 heteroatoms. The van der Waals surface area contributed by atoms with Gasteiger partial charge in [0.2, 0.25) is 0 Å². The summed E-state index contributed by atoms with van der Waals surface area (Å²) in [4.78, 5) is 1.40. The van der Waals surface area contributed by atoms with Crippen LogP contribution in [0.4, 0.5) is 13.2 Å². The normalized spacial score (nSPS) is 12.5. The lowest BCUT2D eigenvalue weighted by Crippen LogP contribution is -2.38. The van der Waals surface area contributed by atoms with E-state index in [1.165, 1.54) is 4.90 Å². The molecule has 0 aliphatic carbocycles. The number of nitrogens with zero attached hydrogens (tertiary/aromatic N) is 1. The lowest BCUT2D eigenvalue weighted by Gasteiger charge is -2.27. The Morgan fingerprint density at radius 3 is 2.41 bits per heavy atom. The summed E-state index contributed by atoms with van der Waals surface area (Å²) in [6.07, 6.45) is -4.16. The summed E-state index contributed by atoms with van der Waals surface area (Å²) in [7, 11) is 0. The molecule has 0 saturated heterocycles. The Hall–Kier alpha value is -0.550. The van der Waals surface area contributed by atoms with Crippen LogP contribution in [0.1, 0.15) is 19.4 Å². The van der Waals surface area contributed by atoms with E-state index in [0.29, 0.717) is 6.54 Å². The van der Waals surface area contributed by atoms with E-state index < -0.39 is 12.7 Å². The quantitative estimate of drug-likeness (QED) is 0.805. The molecular formula is C12H15BrF3N. The monoisotopic (exact) mass is 309 g/mol. The highest BCUT2D eigenvalue weighted by atomic mass is 79.9. The van der Waals surface area contributed by atoms with Gasteiger partial charge < -0.3 is 0 Å². The lowest BCUT2D eigenvalue weighted by atomic mass is 10.2. The molecule has 0 aliphatic rings. The summed E-state index contributed by atoms with van der Waals surface area (Å²) in [5, 5.41) is 0. The van der Waals surface area contributed by atoms with Gasteiger partial charge in [-0.25, -0.2) is 0 Å². The van der Waals surface area contributed by atoms with Crippen LogP contribution in [0.3, 0.4) is 0 Å². The number of benzene rings is 1. The smallest absolute Gasteiger partial charge is 0.288 e. The van der Waals surface area contributed by atoms with Crippen molar-refractivity contribution in [2.75, 3.05) is 6.54 Å². The minimum atomic E-state index is -4.16. The number of alkyl halides is 3. The van der Waals surface area contributed by atoms with Crippen LogP contribution in [-0.2, 0) is 6.54 Å². The summed E-state index contributed by atoms with van der Waals surface area (Å²) in [5.41, 5.74) is 0.873. The zero-order chi connectivity index (χ0) is 13.1. The predicted octanol–water partition coefficient (Wildman–Crippen LogP) is 4.22. The van der Waals surface area contributed by atoms with E-state index in [1.54, 1.807) is 13.8 Å². The molecule has 0 radical (unpaired) electrons. The average molecular weight is 310 g/mol. The lowest BCUT2D eigenvalue weighted by molar-refractivity contribution is -0.150. The highest BCUT2D eigenvalue weighted by molar-refractivity contribution is 9.10. The second kappa shape index (κ2) is 5.87. The fraction of sp³-hybridized carbons (Fsp3) is 0.500. The first-order chi connectivity index (χ1) is 7.78. The van der Waals surface area contributed by atoms with E-state index in [1.807, 2.05) is 24.3 Å². The zero-order valence-electron chi connectivity index (χ0n) is 9.76. The summed E-state index contributed by atoms with van der Waals surface area (Å²) in [6.45, 7) is 2.96. The van der Waals surface area contributed by atoms with Crippen molar-refractivity contribution >= 4 is 15.9 Å². The number of hydrogen-bond donors (Lipinski definition) is 0. The van der Waals surface area contributed by atoms with Crippen molar-refractivity contribution in [3.63, 3.8) is 0 Å². The second-order valence-electron chi connectivity index (χ2n) is 4.24. The molecular weight excluding hydrogens is 295 g/mol. The molecule has 0 N–H and O–H groups in total. The molecule has 0 saturated carbocycles. The van der Waals surface area contributed by atoms with Crippen LogP contribution in [0.15, 0.2) is 28.7 Å². The van der Waals surface area contributed by atoms with Gasteiger partial charge in [-0.1, -0.05) is 28.1 Å². The molecule has 0 unspecified atom stereocenters. The van der Waals surface area contributed by atoms with Gasteiger partial charge in [0.05, 0.1) is 6.54 Å². The number of rotatable bonds is 4. The van der Waals surface area contributed by atoms with Crippen molar-refractivity contribution in [1.29, 1.82) is 0 Å². The Bertz CT molecular complexity index is 363. The minimum absolute atomic E-state index is 0.143. The third-order valence-electron chi connectivity index (χ3n) is 2.39. The fourth-order valence-electron chi connectivity index (χ4n) is 1.52. The Morgan fingerprint density at radius 2 is 1.94 bits per heavy atom. The molecule has 0 atom stereocenters. The minimum Gasteiger partial charge on any atom is -0.288 e. The third-order valence-corrected chi connectivity index (χ3v) is 2.88. The van der Waals surface area contributed by atoms with Crippen LogP contribution in [0, 0.1) is 0 Å². The zero-order valence-corrected chi connectivity index (χ0v) is 11.3. The molecule has 0 aliphatic heterocycles. The maximum absolute atomic E-state index is 12.4. The summed E-state index contributed by atoms with van der Waals surface area (Å²) >= 11 is 3.31. The molecule has 96 valence electrons. The highest BCUT2D eigenvalue weighted by Gasteiger charge is 2.31. The van der Waals surface area contributed by atoms with Crippen molar-refractivity contribution in [3.8, 4) is 0 Å². The topological polar surface area (TPSA) is 3.24 Å². The molecule has 0 heterocycles. The van der Waals surface area contributed by atoms with Gasteiger partial charge in [-0.2, -0.15) is 13.2 Å². The summed E-state index contributed by atoms with van der Waals surface area (Å²) < 4.78 is 38.1. The Labute approximate surface area is 108 Å². The van der Waals surface area contributed by atoms with Crippen molar-refractivity contribution < 1.29 is 13.2 Å². The van der Waals surface area contributed by atoms with Gasteiger partial charge in [0.25, 0.3) is 0 Å². The molecule has 17 heavy (non-hydrogen) atoms. The first-order valence-corrected chi connectivity index (χ1v) is 6.12. The largest absolute Gasteiger partial charge is 0.401 e. The van der Waals surface area contributed by atoms with Gasteiger partial charge in [-0.3, -0.25) is 4.90 Å².